The number of aliphatic hydroxyl groups excluding tert-OH is 2. The van der Waals surface area contributed by atoms with Crippen LogP contribution in [0.3, 0.4) is 0 Å². The second kappa shape index (κ2) is 4.22. The molecule has 0 bridgehead atoms. The fraction of sp³-hybridized carbons (Fsp3) is 0.875. The molecule has 2 aliphatic rings. The Labute approximate surface area is 81.1 Å². The molecule has 0 amide bonds. The van der Waals surface area contributed by atoms with E-state index in [0.717, 1.165) is 0 Å². The van der Waals surface area contributed by atoms with Crippen LogP contribution in [0.5, 0.6) is 0 Å². The van der Waals surface area contributed by atoms with Gasteiger partial charge in [0.2, 0.25) is 0 Å². The van der Waals surface area contributed by atoms with Crippen molar-refractivity contribution in [3.8, 4) is 0 Å². The van der Waals surface area contributed by atoms with Crippen molar-refractivity contribution in [2.24, 2.45) is 0 Å². The summed E-state index contributed by atoms with van der Waals surface area (Å²) in [5.41, 5.74) is 0. The molecule has 6 heteroatoms. The lowest BCUT2D eigenvalue weighted by Crippen LogP contribution is -2.47. The summed E-state index contributed by atoms with van der Waals surface area (Å²) in [6, 6.07) is 0. The smallest absolute Gasteiger partial charge is 0.335 e. The summed E-state index contributed by atoms with van der Waals surface area (Å²) in [7, 11) is 0. The quantitative estimate of drug-likeness (QED) is 0.473. The average molecular weight is 206 g/mol. The first-order valence-corrected chi connectivity index (χ1v) is 4.51. The number of aliphatic carboxylic acids is 1. The van der Waals surface area contributed by atoms with Crippen LogP contribution in [0.1, 0.15) is 13.8 Å². The van der Waals surface area contributed by atoms with Gasteiger partial charge in [-0.15, -0.1) is 0 Å². The monoisotopic (exact) mass is 206 g/mol. The molecule has 82 valence electrons. The molecule has 3 N–H and O–H groups in total. The van der Waals surface area contributed by atoms with E-state index >= 15 is 0 Å². The number of rotatable bonds is 1. The molecular formula is C8H14O6. The Bertz CT molecular complexity index is 216. The van der Waals surface area contributed by atoms with Gasteiger partial charge in [-0.25, -0.2) is 4.79 Å². The molecule has 2 aliphatic heterocycles. The molecule has 2 heterocycles. The summed E-state index contributed by atoms with van der Waals surface area (Å²) in [5.74, 6) is -1.19. The first-order chi connectivity index (χ1) is 6.61. The van der Waals surface area contributed by atoms with Gasteiger partial charge in [-0.1, -0.05) is 13.8 Å². The lowest BCUT2D eigenvalue weighted by Gasteiger charge is -2.24. The highest BCUT2D eigenvalue weighted by molar-refractivity contribution is 5.74. The van der Waals surface area contributed by atoms with E-state index in [9.17, 15) is 4.79 Å². The Morgan fingerprint density at radius 1 is 1.14 bits per heavy atom. The highest BCUT2D eigenvalue weighted by atomic mass is 16.7. The number of hydrogen-bond acceptors (Lipinski definition) is 5. The van der Waals surface area contributed by atoms with E-state index in [1.54, 1.807) is 0 Å². The standard InChI is InChI=1S/C6H8O6.C2H6/c7-1-2-3(11-2)4(5(8)9)12-6(1)10;1-2/h1-4,6-7,10H,(H,8,9);1-2H3. The van der Waals surface area contributed by atoms with Crippen LogP contribution in [0.4, 0.5) is 0 Å². The third-order valence-corrected chi connectivity index (χ3v) is 2.02. The molecule has 0 saturated carbocycles. The zero-order chi connectivity index (χ0) is 10.9. The molecule has 0 spiro atoms. The van der Waals surface area contributed by atoms with E-state index in [-0.39, 0.29) is 0 Å². The third-order valence-electron chi connectivity index (χ3n) is 2.02. The molecule has 2 fully saturated rings. The first kappa shape index (κ1) is 11.4. The van der Waals surface area contributed by atoms with Crippen molar-refractivity contribution in [2.75, 3.05) is 0 Å². The number of carbonyl (C=O) groups is 1. The maximum absolute atomic E-state index is 10.4. The van der Waals surface area contributed by atoms with Gasteiger partial charge >= 0.3 is 5.97 Å². The lowest BCUT2D eigenvalue weighted by molar-refractivity contribution is -0.212. The van der Waals surface area contributed by atoms with Crippen LogP contribution in [0.2, 0.25) is 0 Å². The van der Waals surface area contributed by atoms with Gasteiger partial charge in [0.25, 0.3) is 0 Å². The minimum atomic E-state index is -1.46. The fourth-order valence-electron chi connectivity index (χ4n) is 1.32. The Morgan fingerprint density at radius 2 is 1.71 bits per heavy atom. The molecule has 0 aromatic rings. The number of hydrogen-bond donors (Lipinski definition) is 3. The van der Waals surface area contributed by atoms with Crippen molar-refractivity contribution in [3.63, 3.8) is 0 Å². The topological polar surface area (TPSA) is 99.5 Å². The summed E-state index contributed by atoms with van der Waals surface area (Å²) in [4.78, 5) is 10.4. The molecule has 2 rings (SSSR count). The zero-order valence-electron chi connectivity index (χ0n) is 7.95. The molecule has 0 radical (unpaired) electrons. The maximum Gasteiger partial charge on any atom is 0.335 e. The van der Waals surface area contributed by atoms with Gasteiger partial charge < -0.3 is 24.8 Å². The molecule has 5 atom stereocenters. The highest BCUT2D eigenvalue weighted by Crippen LogP contribution is 2.36. The molecule has 6 nitrogen and oxygen atoms in total. The second-order valence-corrected chi connectivity index (χ2v) is 2.84. The van der Waals surface area contributed by atoms with E-state index in [0.29, 0.717) is 0 Å². The number of carboxylic acid groups (broad SMARTS) is 1. The average Bonchev–Trinajstić information content (AvgIpc) is 2.94. The van der Waals surface area contributed by atoms with Crippen molar-refractivity contribution >= 4 is 5.97 Å². The number of aliphatic hydroxyl groups is 2. The number of carboxylic acids is 1. The van der Waals surface area contributed by atoms with Crippen molar-refractivity contribution in [3.05, 3.63) is 0 Å². The molecule has 2 saturated heterocycles. The van der Waals surface area contributed by atoms with Gasteiger partial charge in [-0.2, -0.15) is 0 Å². The first-order valence-electron chi connectivity index (χ1n) is 4.51. The van der Waals surface area contributed by atoms with Gasteiger partial charge in [-0.3, -0.25) is 0 Å². The summed E-state index contributed by atoms with van der Waals surface area (Å²) in [5, 5.41) is 26.6. The van der Waals surface area contributed by atoms with Gasteiger partial charge in [0.1, 0.15) is 18.3 Å². The summed E-state index contributed by atoms with van der Waals surface area (Å²) in [6.45, 7) is 4.00. The molecule has 14 heavy (non-hydrogen) atoms. The normalized spacial score (nSPS) is 44.4. The minimum Gasteiger partial charge on any atom is -0.479 e. The summed E-state index contributed by atoms with van der Waals surface area (Å²) >= 11 is 0. The maximum atomic E-state index is 10.4. The van der Waals surface area contributed by atoms with E-state index in [1.807, 2.05) is 13.8 Å². The van der Waals surface area contributed by atoms with Crippen molar-refractivity contribution in [1.29, 1.82) is 0 Å². The van der Waals surface area contributed by atoms with E-state index < -0.39 is 36.7 Å². The molecule has 0 aromatic carbocycles. The Balaban J connectivity index is 0.000000461. The summed E-state index contributed by atoms with van der Waals surface area (Å²) < 4.78 is 9.41. The van der Waals surface area contributed by atoms with Crippen molar-refractivity contribution in [2.45, 2.75) is 44.6 Å². The Hall–Kier alpha value is -0.690. The van der Waals surface area contributed by atoms with E-state index in [2.05, 4.69) is 4.74 Å². The number of epoxide rings is 1. The third kappa shape index (κ3) is 1.88. The predicted molar refractivity (Wildman–Crippen MR) is 44.5 cm³/mol. The van der Waals surface area contributed by atoms with Crippen molar-refractivity contribution < 1.29 is 29.6 Å². The van der Waals surface area contributed by atoms with Gasteiger partial charge in [0.05, 0.1) is 0 Å². The largest absolute Gasteiger partial charge is 0.479 e. The van der Waals surface area contributed by atoms with E-state index in [1.165, 1.54) is 0 Å². The molecule has 0 aromatic heterocycles. The fourth-order valence-corrected chi connectivity index (χ4v) is 1.32. The Morgan fingerprint density at radius 3 is 2.21 bits per heavy atom. The van der Waals surface area contributed by atoms with Gasteiger partial charge in [-0.05, 0) is 0 Å². The zero-order valence-corrected chi connectivity index (χ0v) is 7.95. The Kier molecular flexibility index (Phi) is 3.43. The van der Waals surface area contributed by atoms with Crippen LogP contribution >= 0.6 is 0 Å². The lowest BCUT2D eigenvalue weighted by atomic mass is 10.1. The van der Waals surface area contributed by atoms with Crippen LogP contribution < -0.4 is 0 Å². The molecular weight excluding hydrogens is 192 g/mol. The summed E-state index contributed by atoms with van der Waals surface area (Å²) in [6.07, 6.45) is -4.95. The number of fused-ring (bicyclic) bond motifs is 1. The van der Waals surface area contributed by atoms with Gasteiger partial charge in [0.15, 0.2) is 12.4 Å². The minimum absolute atomic E-state index is 0.588. The van der Waals surface area contributed by atoms with E-state index in [4.69, 9.17) is 20.1 Å². The van der Waals surface area contributed by atoms with Crippen LogP contribution in [0, 0.1) is 0 Å². The SMILES string of the molecule is CC.O=C(O)C1OC(O)C(O)C2OC12. The van der Waals surface area contributed by atoms with Crippen LogP contribution in [0.25, 0.3) is 0 Å². The van der Waals surface area contributed by atoms with Crippen LogP contribution in [-0.4, -0.2) is 52.0 Å². The number of ether oxygens (including phenoxy) is 2. The van der Waals surface area contributed by atoms with Gasteiger partial charge in [0, 0.05) is 0 Å². The molecule has 5 unspecified atom stereocenters. The van der Waals surface area contributed by atoms with Crippen molar-refractivity contribution in [1.82, 2.24) is 0 Å². The van der Waals surface area contributed by atoms with Crippen LogP contribution in [-0.2, 0) is 14.3 Å². The molecule has 0 aliphatic carbocycles. The second-order valence-electron chi connectivity index (χ2n) is 2.84. The predicted octanol–water partition coefficient (Wildman–Crippen LogP) is -1.06. The highest BCUT2D eigenvalue weighted by Gasteiger charge is 2.59. The van der Waals surface area contributed by atoms with Crippen LogP contribution in [0.15, 0.2) is 0 Å².